The quantitative estimate of drug-likeness (QED) is 0.565. The molecule has 0 unspecified atom stereocenters. The van der Waals surface area contributed by atoms with Crippen LogP contribution in [0.5, 0.6) is 0 Å². The van der Waals surface area contributed by atoms with E-state index in [1.807, 2.05) is 11.8 Å². The summed E-state index contributed by atoms with van der Waals surface area (Å²) in [5.41, 5.74) is 0.0607. The zero-order valence-corrected chi connectivity index (χ0v) is 22.2. The summed E-state index contributed by atoms with van der Waals surface area (Å²) in [6.07, 6.45) is 7.02. The Kier molecular flexibility index (Phi) is 6.77. The molecule has 1 aromatic heterocycles. The van der Waals surface area contributed by atoms with Gasteiger partial charge in [0.2, 0.25) is 11.8 Å². The van der Waals surface area contributed by atoms with Gasteiger partial charge in [0.1, 0.15) is 0 Å². The number of rotatable bonds is 5. The third kappa shape index (κ3) is 4.33. The zero-order chi connectivity index (χ0) is 25.0. The molecule has 1 aromatic rings. The van der Waals surface area contributed by atoms with Crippen LogP contribution in [0.4, 0.5) is 5.13 Å². The number of carbonyl (C=O) groups is 2. The molecule has 5 rings (SSSR count). The van der Waals surface area contributed by atoms with Crippen molar-refractivity contribution < 1.29 is 19.8 Å². The van der Waals surface area contributed by atoms with E-state index in [-0.39, 0.29) is 41.6 Å². The Morgan fingerprint density at radius 3 is 2.51 bits per heavy atom. The van der Waals surface area contributed by atoms with Crippen LogP contribution in [0.1, 0.15) is 88.6 Å². The summed E-state index contributed by atoms with van der Waals surface area (Å²) < 4.78 is 0. The molecule has 2 amide bonds. The predicted octanol–water partition coefficient (Wildman–Crippen LogP) is 3.95. The minimum Gasteiger partial charge on any atom is -0.396 e. The minimum atomic E-state index is -0.633. The van der Waals surface area contributed by atoms with E-state index in [2.05, 4.69) is 19.2 Å². The topological polar surface area (TPSA) is 103 Å². The van der Waals surface area contributed by atoms with Crippen LogP contribution in [-0.2, 0) is 16.0 Å². The van der Waals surface area contributed by atoms with E-state index >= 15 is 0 Å². The number of piperidine rings is 1. The Balaban J connectivity index is 1.47. The smallest absolute Gasteiger partial charge is 0.229 e. The lowest BCUT2D eigenvalue weighted by atomic mass is 9.47. The predicted molar refractivity (Wildman–Crippen MR) is 136 cm³/mol. The standard InChI is InChI=1S/C27H41N3O4S/c1-16-8-11-30(12-9-16)22(33)13-18-23-19(35-25(28-23)29-24(34)17-5-4-6-17)14-20-26(18,2)10-7-21(32)27(20,3)15-31/h16-18,20-21,31-32H,4-15H2,1-3H3,(H,28,29,34)/t18-,20+,21+,26-,27-/m0/s1. The third-order valence-corrected chi connectivity index (χ3v) is 11.1. The molecule has 2 heterocycles. The number of aliphatic hydroxyl groups is 2. The SMILES string of the molecule is CC1CCN(C(=O)C[C@H]2c3nc(NC(=O)C4CCC4)sc3C[C@H]3[C@](C)(CO)[C@H](O)CC[C@]32C)CC1. The Bertz CT molecular complexity index is 970. The van der Waals surface area contributed by atoms with Crippen molar-refractivity contribution in [1.29, 1.82) is 0 Å². The van der Waals surface area contributed by atoms with Gasteiger partial charge >= 0.3 is 0 Å². The number of fused-ring (bicyclic) bond motifs is 2. The summed E-state index contributed by atoms with van der Waals surface area (Å²) in [5, 5.41) is 25.1. The number of hydrogen-bond acceptors (Lipinski definition) is 6. The van der Waals surface area contributed by atoms with Gasteiger partial charge in [0.25, 0.3) is 0 Å². The Hall–Kier alpha value is -1.51. The molecule has 0 spiro atoms. The van der Waals surface area contributed by atoms with E-state index in [1.165, 1.54) is 11.3 Å². The number of nitrogens with one attached hydrogen (secondary N) is 1. The molecule has 1 aliphatic heterocycles. The average Bonchev–Trinajstić information content (AvgIpc) is 3.19. The van der Waals surface area contributed by atoms with Crippen molar-refractivity contribution >= 4 is 28.3 Å². The summed E-state index contributed by atoms with van der Waals surface area (Å²) in [6.45, 7) is 8.02. The number of nitrogens with zero attached hydrogens (tertiary/aromatic N) is 2. The van der Waals surface area contributed by atoms with Gasteiger partial charge in [-0.2, -0.15) is 0 Å². The fraction of sp³-hybridized carbons (Fsp3) is 0.815. The molecule has 3 N–H and O–H groups in total. The Morgan fingerprint density at radius 1 is 1.17 bits per heavy atom. The van der Waals surface area contributed by atoms with Gasteiger partial charge in [0.05, 0.1) is 18.4 Å². The van der Waals surface area contributed by atoms with Crippen LogP contribution in [0.2, 0.25) is 0 Å². The van der Waals surface area contributed by atoms with Gasteiger partial charge in [0, 0.05) is 41.6 Å². The monoisotopic (exact) mass is 503 g/mol. The molecule has 4 aliphatic rings. The highest BCUT2D eigenvalue weighted by atomic mass is 32.1. The molecule has 194 valence electrons. The van der Waals surface area contributed by atoms with Crippen molar-refractivity contribution in [2.45, 2.75) is 90.6 Å². The highest BCUT2D eigenvalue weighted by molar-refractivity contribution is 7.15. The molecule has 5 atom stereocenters. The first-order valence-corrected chi connectivity index (χ1v) is 14.3. The van der Waals surface area contributed by atoms with E-state index in [0.29, 0.717) is 30.3 Å². The first-order chi connectivity index (χ1) is 16.7. The van der Waals surface area contributed by atoms with Crippen LogP contribution in [-0.4, -0.2) is 57.7 Å². The van der Waals surface area contributed by atoms with Gasteiger partial charge in [-0.3, -0.25) is 9.59 Å². The second-order valence-electron chi connectivity index (χ2n) is 12.2. The maximum absolute atomic E-state index is 13.5. The Morgan fingerprint density at radius 2 is 1.89 bits per heavy atom. The molecule has 1 saturated heterocycles. The lowest BCUT2D eigenvalue weighted by molar-refractivity contribution is -0.147. The highest BCUT2D eigenvalue weighted by Gasteiger charge is 2.59. The minimum absolute atomic E-state index is 0.0334. The van der Waals surface area contributed by atoms with Crippen molar-refractivity contribution in [3.63, 3.8) is 0 Å². The van der Waals surface area contributed by atoms with Gasteiger partial charge in [-0.1, -0.05) is 27.2 Å². The lowest BCUT2D eigenvalue weighted by Gasteiger charge is -2.58. The van der Waals surface area contributed by atoms with Gasteiger partial charge in [-0.05, 0) is 62.2 Å². The van der Waals surface area contributed by atoms with E-state index < -0.39 is 11.5 Å². The first kappa shape index (κ1) is 25.2. The van der Waals surface area contributed by atoms with Crippen molar-refractivity contribution in [1.82, 2.24) is 9.88 Å². The highest BCUT2D eigenvalue weighted by Crippen LogP contribution is 2.63. The molecule has 3 fully saturated rings. The number of aromatic nitrogens is 1. The van der Waals surface area contributed by atoms with E-state index in [1.54, 1.807) is 0 Å². The largest absolute Gasteiger partial charge is 0.396 e. The van der Waals surface area contributed by atoms with Crippen LogP contribution in [0.15, 0.2) is 0 Å². The normalized spacial score (nSPS) is 35.7. The number of likely N-dealkylation sites (tertiary alicyclic amines) is 1. The Labute approximate surface area is 212 Å². The second kappa shape index (κ2) is 9.42. The van der Waals surface area contributed by atoms with E-state index in [4.69, 9.17) is 4.98 Å². The number of amides is 2. The van der Waals surface area contributed by atoms with Gasteiger partial charge in [-0.25, -0.2) is 4.98 Å². The number of hydrogen-bond donors (Lipinski definition) is 3. The molecular formula is C27H41N3O4S. The molecule has 35 heavy (non-hydrogen) atoms. The fourth-order valence-electron chi connectivity index (χ4n) is 7.14. The summed E-state index contributed by atoms with van der Waals surface area (Å²) in [7, 11) is 0. The van der Waals surface area contributed by atoms with Gasteiger partial charge in [0.15, 0.2) is 5.13 Å². The average molecular weight is 504 g/mol. The zero-order valence-electron chi connectivity index (χ0n) is 21.4. The maximum atomic E-state index is 13.5. The number of thiazole rings is 1. The van der Waals surface area contributed by atoms with Crippen LogP contribution in [0.3, 0.4) is 0 Å². The molecule has 3 aliphatic carbocycles. The third-order valence-electron chi connectivity index (χ3n) is 10.1. The molecule has 0 bridgehead atoms. The van der Waals surface area contributed by atoms with E-state index in [0.717, 1.165) is 62.2 Å². The second-order valence-corrected chi connectivity index (χ2v) is 13.3. The molecule has 7 nitrogen and oxygen atoms in total. The van der Waals surface area contributed by atoms with Crippen molar-refractivity contribution in [3.8, 4) is 0 Å². The molecule has 8 heteroatoms. The summed E-state index contributed by atoms with van der Waals surface area (Å²) in [4.78, 5) is 34.2. The molecule has 2 saturated carbocycles. The van der Waals surface area contributed by atoms with Gasteiger partial charge < -0.3 is 20.4 Å². The van der Waals surface area contributed by atoms with Crippen LogP contribution < -0.4 is 5.32 Å². The number of carbonyl (C=O) groups excluding carboxylic acids is 2. The fourth-order valence-corrected chi connectivity index (χ4v) is 8.21. The maximum Gasteiger partial charge on any atom is 0.229 e. The van der Waals surface area contributed by atoms with E-state index in [9.17, 15) is 19.8 Å². The van der Waals surface area contributed by atoms with Crippen molar-refractivity contribution in [2.24, 2.45) is 28.6 Å². The van der Waals surface area contributed by atoms with Crippen molar-refractivity contribution in [3.05, 3.63) is 10.6 Å². The van der Waals surface area contributed by atoms with Crippen LogP contribution in [0.25, 0.3) is 0 Å². The lowest BCUT2D eigenvalue weighted by Crippen LogP contribution is -2.57. The summed E-state index contributed by atoms with van der Waals surface area (Å²) >= 11 is 1.52. The first-order valence-electron chi connectivity index (χ1n) is 13.5. The van der Waals surface area contributed by atoms with Crippen molar-refractivity contribution in [2.75, 3.05) is 25.0 Å². The molecule has 0 radical (unpaired) electrons. The molecule has 0 aromatic carbocycles. The van der Waals surface area contributed by atoms with Crippen LogP contribution >= 0.6 is 11.3 Å². The molecular weight excluding hydrogens is 462 g/mol. The summed E-state index contributed by atoms with van der Waals surface area (Å²) in [6, 6.07) is 0. The van der Waals surface area contributed by atoms with Crippen LogP contribution in [0, 0.1) is 28.6 Å². The number of anilines is 1. The van der Waals surface area contributed by atoms with Gasteiger partial charge in [-0.15, -0.1) is 11.3 Å². The number of aliphatic hydroxyl groups excluding tert-OH is 2. The summed E-state index contributed by atoms with van der Waals surface area (Å²) in [5.74, 6) is 0.921.